The third-order valence-electron chi connectivity index (χ3n) is 2.97. The van der Waals surface area contributed by atoms with Crippen LogP contribution >= 0.6 is 27.3 Å². The molecule has 1 aliphatic carbocycles. The highest BCUT2D eigenvalue weighted by Gasteiger charge is 2.34. The predicted octanol–water partition coefficient (Wildman–Crippen LogP) is 2.49. The van der Waals surface area contributed by atoms with Crippen molar-refractivity contribution in [3.8, 4) is 0 Å². The molecular weight excluding hydrogens is 306 g/mol. The highest BCUT2D eigenvalue weighted by molar-refractivity contribution is 9.10. The fourth-order valence-corrected chi connectivity index (χ4v) is 3.57. The SMILES string of the molecule is O=C(N[C@H]1CCC[C@H]1C(=O)O)c1sccc1Br. The Bertz CT molecular complexity index is 446. The minimum Gasteiger partial charge on any atom is -0.481 e. The molecule has 0 unspecified atom stereocenters. The highest BCUT2D eigenvalue weighted by Crippen LogP contribution is 2.28. The Hall–Kier alpha value is -0.880. The zero-order chi connectivity index (χ0) is 12.4. The number of hydrogen-bond donors (Lipinski definition) is 2. The highest BCUT2D eigenvalue weighted by atomic mass is 79.9. The smallest absolute Gasteiger partial charge is 0.308 e. The zero-order valence-electron chi connectivity index (χ0n) is 8.98. The molecule has 1 heterocycles. The number of amides is 1. The Kier molecular flexibility index (Phi) is 3.83. The molecular formula is C11H12BrNO3S. The molecule has 1 saturated carbocycles. The van der Waals surface area contributed by atoms with Gasteiger partial charge in [0.15, 0.2) is 0 Å². The molecule has 1 aliphatic rings. The van der Waals surface area contributed by atoms with Crippen molar-refractivity contribution in [2.75, 3.05) is 0 Å². The molecule has 0 aromatic carbocycles. The van der Waals surface area contributed by atoms with E-state index in [0.29, 0.717) is 11.3 Å². The first-order valence-electron chi connectivity index (χ1n) is 5.36. The molecule has 0 bridgehead atoms. The van der Waals surface area contributed by atoms with Crippen LogP contribution in [0.2, 0.25) is 0 Å². The lowest BCUT2D eigenvalue weighted by atomic mass is 10.0. The van der Waals surface area contributed by atoms with Gasteiger partial charge in [0.2, 0.25) is 0 Å². The van der Waals surface area contributed by atoms with Crippen LogP contribution in [0.15, 0.2) is 15.9 Å². The van der Waals surface area contributed by atoms with Gasteiger partial charge in [0.1, 0.15) is 4.88 Å². The van der Waals surface area contributed by atoms with Gasteiger partial charge in [-0.2, -0.15) is 0 Å². The lowest BCUT2D eigenvalue weighted by molar-refractivity contribution is -0.142. The Morgan fingerprint density at radius 2 is 2.24 bits per heavy atom. The summed E-state index contributed by atoms with van der Waals surface area (Å²) in [6.45, 7) is 0. The number of thiophene rings is 1. The summed E-state index contributed by atoms with van der Waals surface area (Å²) in [6, 6.07) is 1.57. The number of nitrogens with one attached hydrogen (secondary N) is 1. The van der Waals surface area contributed by atoms with Gasteiger partial charge in [0.05, 0.1) is 5.92 Å². The van der Waals surface area contributed by atoms with Crippen LogP contribution < -0.4 is 5.32 Å². The van der Waals surface area contributed by atoms with E-state index in [2.05, 4.69) is 21.2 Å². The quantitative estimate of drug-likeness (QED) is 0.900. The monoisotopic (exact) mass is 317 g/mol. The summed E-state index contributed by atoms with van der Waals surface area (Å²) >= 11 is 4.64. The number of aliphatic carboxylic acids is 1. The van der Waals surface area contributed by atoms with Crippen LogP contribution in [0.5, 0.6) is 0 Å². The molecule has 92 valence electrons. The van der Waals surface area contributed by atoms with Crippen molar-refractivity contribution in [2.45, 2.75) is 25.3 Å². The molecule has 0 spiro atoms. The molecule has 6 heteroatoms. The second-order valence-corrected chi connectivity index (χ2v) is 5.82. The summed E-state index contributed by atoms with van der Waals surface area (Å²) in [5.41, 5.74) is 0. The Balaban J connectivity index is 2.04. The van der Waals surface area contributed by atoms with E-state index in [1.807, 2.05) is 11.4 Å². The molecule has 2 N–H and O–H groups in total. The molecule has 2 rings (SSSR count). The molecule has 17 heavy (non-hydrogen) atoms. The molecule has 0 aliphatic heterocycles. The lowest BCUT2D eigenvalue weighted by Crippen LogP contribution is -2.39. The summed E-state index contributed by atoms with van der Waals surface area (Å²) in [6.07, 6.45) is 2.24. The standard InChI is InChI=1S/C11H12BrNO3S/c12-7-4-5-17-9(7)10(14)13-8-3-1-2-6(8)11(15)16/h4-6,8H,1-3H2,(H,13,14)(H,15,16)/t6-,8+/m1/s1. The number of carbonyl (C=O) groups is 2. The minimum atomic E-state index is -0.821. The molecule has 1 amide bonds. The minimum absolute atomic E-state index is 0.190. The summed E-state index contributed by atoms with van der Waals surface area (Å²) in [5, 5.41) is 13.7. The maximum Gasteiger partial charge on any atom is 0.308 e. The van der Waals surface area contributed by atoms with Crippen molar-refractivity contribution in [1.82, 2.24) is 5.32 Å². The zero-order valence-corrected chi connectivity index (χ0v) is 11.4. The van der Waals surface area contributed by atoms with Gasteiger partial charge < -0.3 is 10.4 Å². The van der Waals surface area contributed by atoms with Crippen molar-refractivity contribution < 1.29 is 14.7 Å². The van der Waals surface area contributed by atoms with E-state index in [1.54, 1.807) is 0 Å². The van der Waals surface area contributed by atoms with Crippen molar-refractivity contribution in [1.29, 1.82) is 0 Å². The van der Waals surface area contributed by atoms with Crippen LogP contribution in [0.3, 0.4) is 0 Å². The van der Waals surface area contributed by atoms with Crippen molar-refractivity contribution in [3.05, 3.63) is 20.8 Å². The number of rotatable bonds is 3. The van der Waals surface area contributed by atoms with Crippen LogP contribution in [-0.4, -0.2) is 23.0 Å². The fraction of sp³-hybridized carbons (Fsp3) is 0.455. The van der Waals surface area contributed by atoms with Gasteiger partial charge in [0, 0.05) is 10.5 Å². The molecule has 4 nitrogen and oxygen atoms in total. The molecule has 2 atom stereocenters. The first-order valence-corrected chi connectivity index (χ1v) is 7.03. The van der Waals surface area contributed by atoms with Gasteiger partial charge in [-0.1, -0.05) is 6.42 Å². The predicted molar refractivity (Wildman–Crippen MR) is 68.3 cm³/mol. The van der Waals surface area contributed by atoms with E-state index < -0.39 is 11.9 Å². The second-order valence-electron chi connectivity index (χ2n) is 4.05. The van der Waals surface area contributed by atoms with Crippen LogP contribution in [0.4, 0.5) is 0 Å². The summed E-state index contributed by atoms with van der Waals surface area (Å²) in [5.74, 6) is -1.46. The van der Waals surface area contributed by atoms with Crippen LogP contribution in [-0.2, 0) is 4.79 Å². The normalized spacial score (nSPS) is 23.6. The summed E-state index contributed by atoms with van der Waals surface area (Å²) in [4.78, 5) is 23.5. The topological polar surface area (TPSA) is 66.4 Å². The number of carboxylic acid groups (broad SMARTS) is 1. The van der Waals surface area contributed by atoms with Gasteiger partial charge in [-0.3, -0.25) is 9.59 Å². The Morgan fingerprint density at radius 1 is 1.47 bits per heavy atom. The second kappa shape index (κ2) is 5.18. The van der Waals surface area contributed by atoms with Gasteiger partial charge in [-0.25, -0.2) is 0 Å². The third-order valence-corrected chi connectivity index (χ3v) is 4.81. The number of carboxylic acids is 1. The van der Waals surface area contributed by atoms with Crippen molar-refractivity contribution >= 4 is 39.1 Å². The van der Waals surface area contributed by atoms with E-state index >= 15 is 0 Å². The molecule has 1 aromatic rings. The van der Waals surface area contributed by atoms with Crippen LogP contribution in [0, 0.1) is 5.92 Å². The molecule has 0 saturated heterocycles. The van der Waals surface area contributed by atoms with Crippen molar-refractivity contribution in [2.24, 2.45) is 5.92 Å². The van der Waals surface area contributed by atoms with Gasteiger partial charge >= 0.3 is 5.97 Å². The van der Waals surface area contributed by atoms with E-state index in [-0.39, 0.29) is 11.9 Å². The maximum atomic E-state index is 11.9. The maximum absolute atomic E-state index is 11.9. The number of halogens is 1. The van der Waals surface area contributed by atoms with Gasteiger partial charge in [-0.05, 0) is 40.2 Å². The largest absolute Gasteiger partial charge is 0.481 e. The lowest BCUT2D eigenvalue weighted by Gasteiger charge is -2.17. The first-order chi connectivity index (χ1) is 8.09. The van der Waals surface area contributed by atoms with Crippen LogP contribution in [0.25, 0.3) is 0 Å². The van der Waals surface area contributed by atoms with E-state index in [4.69, 9.17) is 5.11 Å². The summed E-state index contributed by atoms with van der Waals surface area (Å²) < 4.78 is 0.755. The Labute approximate surface area is 111 Å². The van der Waals surface area contributed by atoms with E-state index in [0.717, 1.165) is 17.3 Å². The molecule has 1 aromatic heterocycles. The molecule has 0 radical (unpaired) electrons. The third kappa shape index (κ3) is 2.69. The van der Waals surface area contributed by atoms with Gasteiger partial charge in [0.25, 0.3) is 5.91 Å². The average molecular weight is 318 g/mol. The van der Waals surface area contributed by atoms with Crippen LogP contribution in [0.1, 0.15) is 28.9 Å². The Morgan fingerprint density at radius 3 is 2.82 bits per heavy atom. The number of carbonyl (C=O) groups excluding carboxylic acids is 1. The fourth-order valence-electron chi connectivity index (χ4n) is 2.12. The average Bonchev–Trinajstić information content (AvgIpc) is 2.86. The van der Waals surface area contributed by atoms with Crippen molar-refractivity contribution in [3.63, 3.8) is 0 Å². The number of hydrogen-bond acceptors (Lipinski definition) is 3. The summed E-state index contributed by atoms with van der Waals surface area (Å²) in [7, 11) is 0. The van der Waals surface area contributed by atoms with E-state index in [9.17, 15) is 9.59 Å². The van der Waals surface area contributed by atoms with Gasteiger partial charge in [-0.15, -0.1) is 11.3 Å². The molecule has 1 fully saturated rings. The first kappa shape index (κ1) is 12.6. The van der Waals surface area contributed by atoms with E-state index in [1.165, 1.54) is 11.3 Å².